The smallest absolute Gasteiger partial charge is 0.112 e. The van der Waals surface area contributed by atoms with Gasteiger partial charge in [-0.1, -0.05) is 0 Å². The molecule has 6 heteroatoms. The maximum atomic E-state index is 10.7. The molecular weight excluding hydrogens is 282 g/mol. The van der Waals surface area contributed by atoms with E-state index >= 15 is 0 Å². The maximum Gasteiger partial charge on any atom is 0.112 e. The van der Waals surface area contributed by atoms with E-state index in [-0.39, 0.29) is 6.10 Å². The molecule has 1 aromatic heterocycles. The van der Waals surface area contributed by atoms with Gasteiger partial charge in [-0.25, -0.2) is 0 Å². The fourth-order valence-corrected chi connectivity index (χ4v) is 3.24. The van der Waals surface area contributed by atoms with E-state index in [4.69, 9.17) is 15.2 Å². The molecule has 0 bridgehead atoms. The fourth-order valence-electron chi connectivity index (χ4n) is 3.24. The van der Waals surface area contributed by atoms with Gasteiger partial charge >= 0.3 is 0 Å². The second kappa shape index (κ2) is 6.50. The molecule has 3 rings (SSSR count). The lowest BCUT2D eigenvalue weighted by Gasteiger charge is -2.40. The number of nitrogen functional groups attached to an aromatic ring is 1. The second-order valence-electron chi connectivity index (χ2n) is 6.40. The Hall–Kier alpha value is -1.21. The van der Waals surface area contributed by atoms with Gasteiger partial charge < -0.3 is 20.3 Å². The largest absolute Gasteiger partial charge is 0.399 e. The van der Waals surface area contributed by atoms with Gasteiger partial charge in [-0.05, 0) is 19.1 Å². The van der Waals surface area contributed by atoms with Gasteiger partial charge in [0.15, 0.2) is 0 Å². The van der Waals surface area contributed by atoms with Crippen LogP contribution in [0.1, 0.15) is 30.3 Å². The molecule has 2 saturated heterocycles. The molecule has 0 radical (unpaired) electrons. The van der Waals surface area contributed by atoms with Crippen LogP contribution < -0.4 is 5.73 Å². The Bertz CT molecular complexity index is 497. The standard InChI is InChI=1S/C16H25N3O3/c1-12-8-13(17)9-14(18-12)15-10-19(4-7-22-15)11-16(20)2-5-21-6-3-16/h8-9,15,20H,2-7,10-11H2,1H3,(H2,17,18)/t15-/m0/s1. The number of hydrogen-bond donors (Lipinski definition) is 2. The van der Waals surface area contributed by atoms with E-state index in [0.717, 1.165) is 24.5 Å². The van der Waals surface area contributed by atoms with Crippen LogP contribution in [0.25, 0.3) is 0 Å². The molecule has 0 aromatic carbocycles. The molecule has 2 aliphatic rings. The van der Waals surface area contributed by atoms with Crippen molar-refractivity contribution in [2.24, 2.45) is 0 Å². The third kappa shape index (κ3) is 3.76. The van der Waals surface area contributed by atoms with Crippen molar-refractivity contribution >= 4 is 5.69 Å². The Kier molecular flexibility index (Phi) is 4.63. The summed E-state index contributed by atoms with van der Waals surface area (Å²) in [7, 11) is 0. The number of aryl methyl sites for hydroxylation is 1. The summed E-state index contributed by atoms with van der Waals surface area (Å²) < 4.78 is 11.2. The van der Waals surface area contributed by atoms with E-state index in [1.807, 2.05) is 19.1 Å². The first-order chi connectivity index (χ1) is 10.5. The van der Waals surface area contributed by atoms with Crippen molar-refractivity contribution in [3.8, 4) is 0 Å². The zero-order chi connectivity index (χ0) is 15.6. The number of anilines is 1. The third-order valence-corrected chi connectivity index (χ3v) is 4.42. The average Bonchev–Trinajstić information content (AvgIpc) is 2.47. The highest BCUT2D eigenvalue weighted by Gasteiger charge is 2.34. The van der Waals surface area contributed by atoms with Crippen LogP contribution in [-0.2, 0) is 9.47 Å². The van der Waals surface area contributed by atoms with Crippen LogP contribution in [0, 0.1) is 6.92 Å². The van der Waals surface area contributed by atoms with Gasteiger partial charge in [0, 0.05) is 57.1 Å². The quantitative estimate of drug-likeness (QED) is 0.863. The van der Waals surface area contributed by atoms with E-state index in [1.54, 1.807) is 0 Å². The number of aromatic nitrogens is 1. The lowest BCUT2D eigenvalue weighted by atomic mass is 9.93. The molecule has 0 unspecified atom stereocenters. The molecule has 6 nitrogen and oxygen atoms in total. The summed E-state index contributed by atoms with van der Waals surface area (Å²) in [6.07, 6.45) is 1.31. The van der Waals surface area contributed by atoms with E-state index in [2.05, 4.69) is 9.88 Å². The average molecular weight is 307 g/mol. The van der Waals surface area contributed by atoms with Gasteiger partial charge in [0.05, 0.1) is 17.9 Å². The molecule has 1 aromatic rings. The van der Waals surface area contributed by atoms with Crippen LogP contribution in [0.3, 0.4) is 0 Å². The molecule has 3 N–H and O–H groups in total. The molecule has 22 heavy (non-hydrogen) atoms. The van der Waals surface area contributed by atoms with Crippen molar-refractivity contribution in [1.29, 1.82) is 0 Å². The number of ether oxygens (including phenoxy) is 2. The van der Waals surface area contributed by atoms with Crippen LogP contribution in [0.2, 0.25) is 0 Å². The van der Waals surface area contributed by atoms with Crippen molar-refractivity contribution in [1.82, 2.24) is 9.88 Å². The van der Waals surface area contributed by atoms with Crippen LogP contribution in [0.5, 0.6) is 0 Å². The number of aliphatic hydroxyl groups is 1. The molecule has 0 amide bonds. The van der Waals surface area contributed by atoms with Crippen LogP contribution >= 0.6 is 0 Å². The maximum absolute atomic E-state index is 10.7. The lowest BCUT2D eigenvalue weighted by Crippen LogP contribution is -2.50. The normalized spacial score (nSPS) is 26.0. The van der Waals surface area contributed by atoms with Crippen LogP contribution in [-0.4, -0.2) is 60.0 Å². The molecule has 2 fully saturated rings. The Morgan fingerprint density at radius 1 is 1.36 bits per heavy atom. The van der Waals surface area contributed by atoms with Crippen molar-refractivity contribution < 1.29 is 14.6 Å². The van der Waals surface area contributed by atoms with E-state index in [0.29, 0.717) is 44.9 Å². The van der Waals surface area contributed by atoms with Crippen LogP contribution in [0.15, 0.2) is 12.1 Å². The summed E-state index contributed by atoms with van der Waals surface area (Å²) in [5, 5.41) is 10.7. The summed E-state index contributed by atoms with van der Waals surface area (Å²) in [5.74, 6) is 0. The summed E-state index contributed by atoms with van der Waals surface area (Å²) >= 11 is 0. The minimum atomic E-state index is -0.640. The molecule has 0 aliphatic carbocycles. The number of hydrogen-bond acceptors (Lipinski definition) is 6. The summed E-state index contributed by atoms with van der Waals surface area (Å²) in [6.45, 7) is 6.09. The first kappa shape index (κ1) is 15.7. The zero-order valence-electron chi connectivity index (χ0n) is 13.1. The molecular formula is C16H25N3O3. The summed E-state index contributed by atoms with van der Waals surface area (Å²) in [4.78, 5) is 6.81. The minimum Gasteiger partial charge on any atom is -0.399 e. The van der Waals surface area contributed by atoms with E-state index in [9.17, 15) is 5.11 Å². The molecule has 2 aliphatic heterocycles. The topological polar surface area (TPSA) is 80.8 Å². The molecule has 0 saturated carbocycles. The van der Waals surface area contributed by atoms with Gasteiger partial charge in [0.25, 0.3) is 0 Å². The summed E-state index contributed by atoms with van der Waals surface area (Å²) in [6, 6.07) is 3.74. The number of pyridine rings is 1. The Morgan fingerprint density at radius 2 is 2.14 bits per heavy atom. The highest BCUT2D eigenvalue weighted by atomic mass is 16.5. The van der Waals surface area contributed by atoms with E-state index < -0.39 is 5.60 Å². The number of β-amino-alcohol motifs (C(OH)–C–C–N with tert-alkyl or cyclic N) is 1. The molecule has 1 atom stereocenters. The fraction of sp³-hybridized carbons (Fsp3) is 0.688. The van der Waals surface area contributed by atoms with Crippen molar-refractivity contribution in [3.63, 3.8) is 0 Å². The minimum absolute atomic E-state index is 0.0839. The highest BCUT2D eigenvalue weighted by Crippen LogP contribution is 2.27. The zero-order valence-corrected chi connectivity index (χ0v) is 13.1. The predicted octanol–water partition coefficient (Wildman–Crippen LogP) is 0.887. The van der Waals surface area contributed by atoms with Gasteiger partial charge in [-0.2, -0.15) is 0 Å². The van der Waals surface area contributed by atoms with Crippen molar-refractivity contribution in [2.75, 3.05) is 45.2 Å². The Balaban J connectivity index is 1.66. The first-order valence-electron chi connectivity index (χ1n) is 7.92. The van der Waals surface area contributed by atoms with Crippen molar-refractivity contribution in [2.45, 2.75) is 31.5 Å². The Morgan fingerprint density at radius 3 is 2.86 bits per heavy atom. The monoisotopic (exact) mass is 307 g/mol. The van der Waals surface area contributed by atoms with Gasteiger partial charge in [0.2, 0.25) is 0 Å². The molecule has 3 heterocycles. The number of nitrogens with zero attached hydrogens (tertiary/aromatic N) is 2. The number of nitrogens with two attached hydrogens (primary N) is 1. The molecule has 0 spiro atoms. The summed E-state index contributed by atoms with van der Waals surface area (Å²) in [5.41, 5.74) is 7.76. The number of rotatable bonds is 3. The highest BCUT2D eigenvalue weighted by molar-refractivity contribution is 5.40. The van der Waals surface area contributed by atoms with Gasteiger partial charge in [0.1, 0.15) is 6.10 Å². The Labute approximate surface area is 131 Å². The van der Waals surface area contributed by atoms with Crippen molar-refractivity contribution in [3.05, 3.63) is 23.5 Å². The third-order valence-electron chi connectivity index (χ3n) is 4.42. The van der Waals surface area contributed by atoms with Crippen LogP contribution in [0.4, 0.5) is 5.69 Å². The number of morpholine rings is 1. The first-order valence-corrected chi connectivity index (χ1v) is 7.92. The van der Waals surface area contributed by atoms with E-state index in [1.165, 1.54) is 0 Å². The second-order valence-corrected chi connectivity index (χ2v) is 6.40. The molecule has 122 valence electrons. The predicted molar refractivity (Wildman–Crippen MR) is 83.5 cm³/mol. The lowest BCUT2D eigenvalue weighted by molar-refractivity contribution is -0.103. The SMILES string of the molecule is Cc1cc(N)cc([C@@H]2CN(CC3(O)CCOCC3)CCO2)n1. The van der Waals surface area contributed by atoms with Gasteiger partial charge in [-0.3, -0.25) is 9.88 Å². The van der Waals surface area contributed by atoms with Gasteiger partial charge in [-0.15, -0.1) is 0 Å².